The predicted molar refractivity (Wildman–Crippen MR) is 73.5 cm³/mol. The van der Waals surface area contributed by atoms with Crippen LogP contribution in [0.25, 0.3) is 0 Å². The Kier molecular flexibility index (Phi) is 4.10. The van der Waals surface area contributed by atoms with Gasteiger partial charge in [-0.2, -0.15) is 0 Å². The van der Waals surface area contributed by atoms with Gasteiger partial charge in [-0.3, -0.25) is 4.79 Å². The lowest BCUT2D eigenvalue weighted by Gasteiger charge is -2.06. The summed E-state index contributed by atoms with van der Waals surface area (Å²) in [5.41, 5.74) is 1.62. The first-order chi connectivity index (χ1) is 9.58. The van der Waals surface area contributed by atoms with E-state index in [0.29, 0.717) is 12.2 Å². The predicted octanol–water partition coefficient (Wildman–Crippen LogP) is 2.02. The zero-order chi connectivity index (χ0) is 14.5. The number of carboxylic acids is 1. The Morgan fingerprint density at radius 3 is 2.45 bits per heavy atom. The molecule has 0 atom stereocenters. The Balaban J connectivity index is 2.06. The first-order valence-corrected chi connectivity index (χ1v) is 6.11. The van der Waals surface area contributed by atoms with E-state index in [2.05, 4.69) is 10.3 Å². The molecular formula is C15H14N2O3. The van der Waals surface area contributed by atoms with Crippen molar-refractivity contribution in [1.29, 1.82) is 0 Å². The van der Waals surface area contributed by atoms with E-state index >= 15 is 0 Å². The summed E-state index contributed by atoms with van der Waals surface area (Å²) in [4.78, 5) is 26.8. The van der Waals surface area contributed by atoms with E-state index in [4.69, 9.17) is 5.11 Å². The molecular weight excluding hydrogens is 256 g/mol. The van der Waals surface area contributed by atoms with E-state index in [0.717, 1.165) is 5.56 Å². The van der Waals surface area contributed by atoms with Crippen molar-refractivity contribution in [2.24, 2.45) is 0 Å². The van der Waals surface area contributed by atoms with E-state index in [-0.39, 0.29) is 17.2 Å². The van der Waals surface area contributed by atoms with Crippen LogP contribution in [-0.4, -0.2) is 22.0 Å². The van der Waals surface area contributed by atoms with E-state index in [1.165, 1.54) is 12.1 Å². The number of aryl methyl sites for hydroxylation is 1. The van der Waals surface area contributed by atoms with Crippen molar-refractivity contribution in [3.63, 3.8) is 0 Å². The maximum Gasteiger partial charge on any atom is 0.337 e. The van der Waals surface area contributed by atoms with Gasteiger partial charge >= 0.3 is 5.97 Å². The molecule has 1 aromatic heterocycles. The molecule has 102 valence electrons. The lowest BCUT2D eigenvalue weighted by Crippen LogP contribution is -2.24. The third-order valence-electron chi connectivity index (χ3n) is 2.84. The number of nitrogens with zero attached hydrogens (tertiary/aromatic N) is 1. The second kappa shape index (κ2) is 5.97. The molecule has 2 N–H and O–H groups in total. The van der Waals surface area contributed by atoms with E-state index in [9.17, 15) is 9.59 Å². The molecule has 0 spiro atoms. The van der Waals surface area contributed by atoms with Crippen LogP contribution in [0, 0.1) is 6.92 Å². The van der Waals surface area contributed by atoms with Gasteiger partial charge in [-0.1, -0.05) is 30.3 Å². The van der Waals surface area contributed by atoms with Crippen molar-refractivity contribution < 1.29 is 14.7 Å². The molecule has 0 radical (unpaired) electrons. The monoisotopic (exact) mass is 270 g/mol. The summed E-state index contributed by atoms with van der Waals surface area (Å²) >= 11 is 0. The number of aromatic nitrogens is 1. The molecule has 2 rings (SSSR count). The molecule has 2 aromatic rings. The molecule has 1 aromatic carbocycles. The highest BCUT2D eigenvalue weighted by Crippen LogP contribution is 2.07. The van der Waals surface area contributed by atoms with E-state index in [1.807, 2.05) is 30.3 Å². The highest BCUT2D eigenvalue weighted by molar-refractivity contribution is 5.94. The number of nitrogens with one attached hydrogen (secondary N) is 1. The number of carboxylic acid groups (broad SMARTS) is 1. The molecule has 1 heterocycles. The second-order valence-corrected chi connectivity index (χ2v) is 4.30. The lowest BCUT2D eigenvalue weighted by atomic mass is 10.2. The number of hydrogen-bond acceptors (Lipinski definition) is 3. The Morgan fingerprint density at radius 1 is 1.15 bits per heavy atom. The number of hydrogen-bond donors (Lipinski definition) is 2. The van der Waals surface area contributed by atoms with Crippen molar-refractivity contribution in [2.75, 3.05) is 0 Å². The van der Waals surface area contributed by atoms with Crippen LogP contribution in [0.2, 0.25) is 0 Å². The number of pyridine rings is 1. The molecule has 0 aliphatic rings. The van der Waals surface area contributed by atoms with Crippen LogP contribution in [0.3, 0.4) is 0 Å². The fraction of sp³-hybridized carbons (Fsp3) is 0.133. The van der Waals surface area contributed by atoms with Crippen LogP contribution in [0.1, 0.15) is 32.1 Å². The second-order valence-electron chi connectivity index (χ2n) is 4.30. The summed E-state index contributed by atoms with van der Waals surface area (Å²) in [7, 11) is 0. The SMILES string of the molecule is Cc1nc(C(=O)NCc2ccccc2)ccc1C(=O)O. The smallest absolute Gasteiger partial charge is 0.337 e. The van der Waals surface area contributed by atoms with Gasteiger partial charge in [0, 0.05) is 6.54 Å². The largest absolute Gasteiger partial charge is 0.478 e. The van der Waals surface area contributed by atoms with Gasteiger partial charge in [0.1, 0.15) is 5.69 Å². The van der Waals surface area contributed by atoms with Crippen LogP contribution in [0.15, 0.2) is 42.5 Å². The Hall–Kier alpha value is -2.69. The third-order valence-corrected chi connectivity index (χ3v) is 2.84. The van der Waals surface area contributed by atoms with Crippen molar-refractivity contribution >= 4 is 11.9 Å². The Bertz CT molecular complexity index is 639. The average Bonchev–Trinajstić information content (AvgIpc) is 2.45. The number of aromatic carboxylic acids is 1. The standard InChI is InChI=1S/C15H14N2O3/c1-10-12(15(19)20)7-8-13(17-10)14(18)16-9-11-5-3-2-4-6-11/h2-8H,9H2,1H3,(H,16,18)(H,19,20). The normalized spacial score (nSPS) is 10.1. The van der Waals surface area contributed by atoms with Crippen molar-refractivity contribution in [3.8, 4) is 0 Å². The lowest BCUT2D eigenvalue weighted by molar-refractivity contribution is 0.0694. The van der Waals surface area contributed by atoms with Crippen LogP contribution >= 0.6 is 0 Å². The number of amides is 1. The molecule has 20 heavy (non-hydrogen) atoms. The highest BCUT2D eigenvalue weighted by Gasteiger charge is 2.12. The average molecular weight is 270 g/mol. The minimum Gasteiger partial charge on any atom is -0.478 e. The molecule has 0 saturated carbocycles. The van der Waals surface area contributed by atoms with Gasteiger partial charge in [0.05, 0.1) is 11.3 Å². The topological polar surface area (TPSA) is 79.3 Å². The Morgan fingerprint density at radius 2 is 1.85 bits per heavy atom. The molecule has 0 saturated heterocycles. The molecule has 0 fully saturated rings. The maximum absolute atomic E-state index is 11.9. The fourth-order valence-electron chi connectivity index (χ4n) is 1.78. The summed E-state index contributed by atoms with van der Waals surface area (Å²) < 4.78 is 0. The van der Waals surface area contributed by atoms with Crippen LogP contribution in [-0.2, 0) is 6.54 Å². The summed E-state index contributed by atoms with van der Waals surface area (Å²) in [5, 5.41) is 11.6. The summed E-state index contributed by atoms with van der Waals surface area (Å²) in [5.74, 6) is -1.37. The fourth-order valence-corrected chi connectivity index (χ4v) is 1.78. The first kappa shape index (κ1) is 13.7. The van der Waals surface area contributed by atoms with Gasteiger partial charge in [-0.05, 0) is 24.6 Å². The van der Waals surface area contributed by atoms with Crippen molar-refractivity contribution in [2.45, 2.75) is 13.5 Å². The number of carbonyl (C=O) groups excluding carboxylic acids is 1. The summed E-state index contributed by atoms with van der Waals surface area (Å²) in [6.45, 7) is 1.97. The van der Waals surface area contributed by atoms with Gasteiger partial charge in [0.2, 0.25) is 0 Å². The van der Waals surface area contributed by atoms with Crippen LogP contribution in [0.4, 0.5) is 0 Å². The van der Waals surface area contributed by atoms with Gasteiger partial charge in [-0.25, -0.2) is 9.78 Å². The molecule has 1 amide bonds. The molecule has 5 heteroatoms. The zero-order valence-corrected chi connectivity index (χ0v) is 11.0. The molecule has 0 bridgehead atoms. The Labute approximate surface area is 116 Å². The van der Waals surface area contributed by atoms with Crippen LogP contribution < -0.4 is 5.32 Å². The first-order valence-electron chi connectivity index (χ1n) is 6.11. The summed E-state index contributed by atoms with van der Waals surface area (Å²) in [6, 6.07) is 12.3. The quantitative estimate of drug-likeness (QED) is 0.890. The highest BCUT2D eigenvalue weighted by atomic mass is 16.4. The van der Waals surface area contributed by atoms with Crippen molar-refractivity contribution in [1.82, 2.24) is 10.3 Å². The number of carbonyl (C=O) groups is 2. The molecule has 0 aliphatic carbocycles. The summed E-state index contributed by atoms with van der Waals surface area (Å²) in [6.07, 6.45) is 0. The van der Waals surface area contributed by atoms with E-state index in [1.54, 1.807) is 6.92 Å². The molecule has 0 aliphatic heterocycles. The number of rotatable bonds is 4. The minimum absolute atomic E-state index is 0.101. The van der Waals surface area contributed by atoms with E-state index < -0.39 is 5.97 Å². The third kappa shape index (κ3) is 3.20. The zero-order valence-electron chi connectivity index (χ0n) is 11.0. The van der Waals surface area contributed by atoms with Crippen molar-refractivity contribution in [3.05, 3.63) is 65.0 Å². The minimum atomic E-state index is -1.05. The van der Waals surface area contributed by atoms with Gasteiger partial charge in [0.25, 0.3) is 5.91 Å². The number of benzene rings is 1. The van der Waals surface area contributed by atoms with Crippen LogP contribution in [0.5, 0.6) is 0 Å². The maximum atomic E-state index is 11.9. The molecule has 5 nitrogen and oxygen atoms in total. The van der Waals surface area contributed by atoms with Gasteiger partial charge in [0.15, 0.2) is 0 Å². The van der Waals surface area contributed by atoms with Gasteiger partial charge in [-0.15, -0.1) is 0 Å². The molecule has 0 unspecified atom stereocenters. The van der Waals surface area contributed by atoms with Gasteiger partial charge < -0.3 is 10.4 Å².